The summed E-state index contributed by atoms with van der Waals surface area (Å²) in [5.41, 5.74) is 2.05. The van der Waals surface area contributed by atoms with Crippen LogP contribution in [0.25, 0.3) is 22.0 Å². The van der Waals surface area contributed by atoms with Gasteiger partial charge in [-0.15, -0.1) is 0 Å². The highest BCUT2D eigenvalue weighted by Gasteiger charge is 2.15. The Kier molecular flexibility index (Phi) is 4.67. The van der Waals surface area contributed by atoms with Crippen LogP contribution in [0.2, 0.25) is 0 Å². The number of fused-ring (bicyclic) bond motifs is 1. The van der Waals surface area contributed by atoms with Crippen LogP contribution in [0.3, 0.4) is 0 Å². The normalized spacial score (nSPS) is 10.9. The molecule has 0 fully saturated rings. The highest BCUT2D eigenvalue weighted by atomic mass is 32.2. The number of aryl methyl sites for hydroxylation is 1. The first-order valence-corrected chi connectivity index (χ1v) is 8.50. The Bertz CT molecular complexity index is 837. The molecule has 0 saturated carbocycles. The smallest absolute Gasteiger partial charge is 0.316 e. The maximum Gasteiger partial charge on any atom is 0.316 e. The van der Waals surface area contributed by atoms with Crippen molar-refractivity contribution >= 4 is 28.5 Å². The Labute approximate surface area is 139 Å². The van der Waals surface area contributed by atoms with E-state index in [0.29, 0.717) is 6.61 Å². The van der Waals surface area contributed by atoms with Gasteiger partial charge in [-0.1, -0.05) is 54.2 Å². The number of carbonyl (C=O) groups is 1. The van der Waals surface area contributed by atoms with E-state index < -0.39 is 0 Å². The molecule has 3 aromatic rings. The largest absolute Gasteiger partial charge is 0.465 e. The van der Waals surface area contributed by atoms with Crippen molar-refractivity contribution in [2.45, 2.75) is 18.9 Å². The monoisotopic (exact) mass is 326 g/mol. The van der Waals surface area contributed by atoms with Crippen LogP contribution in [0.1, 0.15) is 12.7 Å². The number of esters is 1. The molecule has 5 heteroatoms. The zero-order valence-electron chi connectivity index (χ0n) is 13.1. The molecule has 3 rings (SSSR count). The molecule has 0 atom stereocenters. The summed E-state index contributed by atoms with van der Waals surface area (Å²) in [6.07, 6.45) is 0. The number of imidazole rings is 1. The predicted octanol–water partition coefficient (Wildman–Crippen LogP) is 4.19. The minimum absolute atomic E-state index is 0.220. The lowest BCUT2D eigenvalue weighted by Gasteiger charge is -2.07. The molecule has 2 aromatic carbocycles. The van der Waals surface area contributed by atoms with E-state index in [9.17, 15) is 4.79 Å². The molecule has 0 saturated heterocycles. The van der Waals surface area contributed by atoms with Gasteiger partial charge in [0.2, 0.25) is 0 Å². The topological polar surface area (TPSA) is 55.0 Å². The lowest BCUT2D eigenvalue weighted by Crippen LogP contribution is -2.06. The summed E-state index contributed by atoms with van der Waals surface area (Å²) >= 11 is 1.40. The molecule has 4 nitrogen and oxygen atoms in total. The van der Waals surface area contributed by atoms with E-state index in [1.54, 1.807) is 0 Å². The molecule has 0 bridgehead atoms. The molecule has 0 radical (unpaired) electrons. The van der Waals surface area contributed by atoms with Gasteiger partial charge in [-0.25, -0.2) is 4.98 Å². The first-order valence-electron chi connectivity index (χ1n) is 7.52. The van der Waals surface area contributed by atoms with E-state index in [0.717, 1.165) is 27.5 Å². The van der Waals surface area contributed by atoms with Crippen molar-refractivity contribution in [1.82, 2.24) is 9.97 Å². The number of aromatic amines is 1. The number of H-pyrrole nitrogens is 1. The zero-order chi connectivity index (χ0) is 16.2. The third-order valence-corrected chi connectivity index (χ3v) is 4.43. The van der Waals surface area contributed by atoms with Gasteiger partial charge in [0.25, 0.3) is 0 Å². The molecule has 0 unspecified atom stereocenters. The average Bonchev–Trinajstić information content (AvgIpc) is 2.93. The number of benzene rings is 2. The number of aromatic nitrogens is 2. The molecule has 0 aliphatic carbocycles. The fourth-order valence-corrected chi connectivity index (χ4v) is 3.38. The van der Waals surface area contributed by atoms with E-state index in [-0.39, 0.29) is 11.7 Å². The number of hydrogen-bond acceptors (Lipinski definition) is 4. The van der Waals surface area contributed by atoms with Crippen LogP contribution >= 0.6 is 11.8 Å². The highest BCUT2D eigenvalue weighted by Crippen LogP contribution is 2.34. The van der Waals surface area contributed by atoms with Crippen LogP contribution in [0.5, 0.6) is 0 Å². The minimum atomic E-state index is -0.220. The molecule has 0 spiro atoms. The SMILES string of the molecule is CCOC(=O)CSc1nc(C)[nH]c1-c1cccc2ccccc12. The van der Waals surface area contributed by atoms with Gasteiger partial charge in [-0.05, 0) is 24.6 Å². The molecule has 23 heavy (non-hydrogen) atoms. The summed E-state index contributed by atoms with van der Waals surface area (Å²) < 4.78 is 4.99. The summed E-state index contributed by atoms with van der Waals surface area (Å²) in [7, 11) is 0. The van der Waals surface area contributed by atoms with Gasteiger partial charge >= 0.3 is 5.97 Å². The predicted molar refractivity (Wildman–Crippen MR) is 93.6 cm³/mol. The van der Waals surface area contributed by atoms with Crippen LogP contribution in [-0.4, -0.2) is 28.3 Å². The van der Waals surface area contributed by atoms with Crippen LogP contribution < -0.4 is 0 Å². The van der Waals surface area contributed by atoms with Gasteiger partial charge in [-0.3, -0.25) is 4.79 Å². The second kappa shape index (κ2) is 6.87. The minimum Gasteiger partial charge on any atom is -0.465 e. The van der Waals surface area contributed by atoms with Gasteiger partial charge in [0, 0.05) is 5.56 Å². The lowest BCUT2D eigenvalue weighted by atomic mass is 10.0. The van der Waals surface area contributed by atoms with Gasteiger partial charge < -0.3 is 9.72 Å². The van der Waals surface area contributed by atoms with Crippen molar-refractivity contribution < 1.29 is 9.53 Å². The summed E-state index contributed by atoms with van der Waals surface area (Å²) in [5.74, 6) is 0.872. The number of ether oxygens (including phenoxy) is 1. The molecule has 118 valence electrons. The summed E-state index contributed by atoms with van der Waals surface area (Å²) in [4.78, 5) is 19.5. The molecule has 0 aliphatic heterocycles. The summed E-state index contributed by atoms with van der Waals surface area (Å²) in [5, 5.41) is 3.17. The zero-order valence-corrected chi connectivity index (χ0v) is 13.9. The standard InChI is InChI=1S/C18H18N2O2S/c1-3-22-16(21)11-23-18-17(19-12(2)20-18)15-10-6-8-13-7-4-5-9-14(13)15/h4-10H,3,11H2,1-2H3,(H,19,20). The molecular formula is C18H18N2O2S. The molecule has 0 amide bonds. The second-order valence-corrected chi connectivity index (χ2v) is 6.09. The first-order chi connectivity index (χ1) is 11.2. The fraction of sp³-hybridized carbons (Fsp3) is 0.222. The van der Waals surface area contributed by atoms with Gasteiger partial charge in [0.05, 0.1) is 18.1 Å². The maximum atomic E-state index is 11.6. The van der Waals surface area contributed by atoms with Crippen molar-refractivity contribution in [2.75, 3.05) is 12.4 Å². The second-order valence-electron chi connectivity index (χ2n) is 5.12. The molecular weight excluding hydrogens is 308 g/mol. The van der Waals surface area contributed by atoms with Gasteiger partial charge in [0.1, 0.15) is 10.9 Å². The van der Waals surface area contributed by atoms with Gasteiger partial charge in [0.15, 0.2) is 0 Å². The molecule has 1 N–H and O–H groups in total. The average molecular weight is 326 g/mol. The van der Waals surface area contributed by atoms with Crippen LogP contribution in [0.4, 0.5) is 0 Å². The third-order valence-electron chi connectivity index (χ3n) is 3.48. The number of rotatable bonds is 5. The quantitative estimate of drug-likeness (QED) is 0.564. The van der Waals surface area contributed by atoms with Crippen LogP contribution in [0.15, 0.2) is 47.5 Å². The van der Waals surface area contributed by atoms with Crippen molar-refractivity contribution in [3.8, 4) is 11.3 Å². The van der Waals surface area contributed by atoms with Crippen molar-refractivity contribution in [2.24, 2.45) is 0 Å². The van der Waals surface area contributed by atoms with E-state index in [1.807, 2.05) is 32.0 Å². The van der Waals surface area contributed by atoms with E-state index >= 15 is 0 Å². The molecule has 1 heterocycles. The lowest BCUT2D eigenvalue weighted by molar-refractivity contribution is -0.139. The van der Waals surface area contributed by atoms with Crippen LogP contribution in [-0.2, 0) is 9.53 Å². The maximum absolute atomic E-state index is 11.6. The van der Waals surface area contributed by atoms with E-state index in [1.165, 1.54) is 17.1 Å². The molecule has 1 aromatic heterocycles. The Hall–Kier alpha value is -2.27. The van der Waals surface area contributed by atoms with Crippen molar-refractivity contribution in [1.29, 1.82) is 0 Å². The Balaban J connectivity index is 1.98. The van der Waals surface area contributed by atoms with E-state index in [2.05, 4.69) is 34.2 Å². The Morgan fingerprint density at radius 2 is 2.00 bits per heavy atom. The Morgan fingerprint density at radius 3 is 2.83 bits per heavy atom. The van der Waals surface area contributed by atoms with Crippen molar-refractivity contribution in [3.63, 3.8) is 0 Å². The number of carbonyl (C=O) groups excluding carboxylic acids is 1. The third kappa shape index (κ3) is 3.40. The van der Waals surface area contributed by atoms with Crippen molar-refractivity contribution in [3.05, 3.63) is 48.3 Å². The number of nitrogens with one attached hydrogen (secondary N) is 1. The first kappa shape index (κ1) is 15.6. The number of nitrogens with zero attached hydrogens (tertiary/aromatic N) is 1. The highest BCUT2D eigenvalue weighted by molar-refractivity contribution is 8.00. The number of thioether (sulfide) groups is 1. The molecule has 0 aliphatic rings. The summed E-state index contributed by atoms with van der Waals surface area (Å²) in [6.45, 7) is 4.13. The van der Waals surface area contributed by atoms with Crippen LogP contribution in [0, 0.1) is 6.92 Å². The number of hydrogen-bond donors (Lipinski definition) is 1. The fourth-order valence-electron chi connectivity index (χ4n) is 2.53. The Morgan fingerprint density at radius 1 is 1.22 bits per heavy atom. The van der Waals surface area contributed by atoms with Gasteiger partial charge in [-0.2, -0.15) is 0 Å². The summed E-state index contributed by atoms with van der Waals surface area (Å²) in [6, 6.07) is 14.4. The van der Waals surface area contributed by atoms with E-state index in [4.69, 9.17) is 4.74 Å².